The third-order valence-corrected chi connectivity index (χ3v) is 8.39. The van der Waals surface area contributed by atoms with Gasteiger partial charge in [0.1, 0.15) is 0 Å². The summed E-state index contributed by atoms with van der Waals surface area (Å²) in [6.07, 6.45) is 3.82. The number of hydrogen-bond donors (Lipinski definition) is 2. The average Bonchev–Trinajstić information content (AvgIpc) is 2.71. The fourth-order valence-corrected chi connectivity index (χ4v) is 5.19. The predicted molar refractivity (Wildman–Crippen MR) is 125 cm³/mol. The van der Waals surface area contributed by atoms with Crippen molar-refractivity contribution in [2.24, 2.45) is 5.92 Å². The topological polar surface area (TPSA) is 71.1 Å². The van der Waals surface area contributed by atoms with Crippen molar-refractivity contribution in [1.82, 2.24) is 9.71 Å². The molecule has 1 heterocycles. The summed E-state index contributed by atoms with van der Waals surface area (Å²) < 4.78 is 27.0. The zero-order valence-corrected chi connectivity index (χ0v) is 18.8. The lowest BCUT2D eigenvalue weighted by Crippen LogP contribution is -2.46. The summed E-state index contributed by atoms with van der Waals surface area (Å²) in [7, 11) is -3.29. The van der Waals surface area contributed by atoms with Crippen LogP contribution in [0.4, 0.5) is 5.69 Å². The number of pyridine rings is 1. The maximum Gasteiger partial charge on any atom is 0.216 e. The quantitative estimate of drug-likeness (QED) is 0.560. The molecule has 5 nitrogen and oxygen atoms in total. The van der Waals surface area contributed by atoms with Gasteiger partial charge in [-0.1, -0.05) is 36.4 Å². The molecule has 6 heteroatoms. The first-order chi connectivity index (χ1) is 14.2. The second-order valence-corrected chi connectivity index (χ2v) is 11.8. The summed E-state index contributed by atoms with van der Waals surface area (Å²) in [5, 5.41) is 5.99. The van der Waals surface area contributed by atoms with Crippen LogP contribution in [0.25, 0.3) is 21.8 Å². The molecule has 3 aromatic rings. The van der Waals surface area contributed by atoms with Gasteiger partial charge in [-0.05, 0) is 64.5 Å². The molecule has 0 atom stereocenters. The monoisotopic (exact) mass is 425 g/mol. The van der Waals surface area contributed by atoms with Gasteiger partial charge >= 0.3 is 0 Å². The molecule has 0 saturated heterocycles. The molecule has 4 rings (SSSR count). The van der Waals surface area contributed by atoms with Gasteiger partial charge in [0.2, 0.25) is 10.0 Å². The lowest BCUT2D eigenvalue weighted by molar-refractivity contribution is 0.322. The van der Waals surface area contributed by atoms with E-state index in [9.17, 15) is 8.42 Å². The van der Waals surface area contributed by atoms with Gasteiger partial charge in [-0.15, -0.1) is 0 Å². The van der Waals surface area contributed by atoms with E-state index in [1.165, 1.54) is 0 Å². The molecule has 1 fully saturated rings. The van der Waals surface area contributed by atoms with E-state index < -0.39 is 14.8 Å². The van der Waals surface area contributed by atoms with Gasteiger partial charge in [0.05, 0.1) is 21.5 Å². The molecule has 2 aromatic carbocycles. The SMILES string of the molecule is CC(C)(C)S(=O)(=O)N[C@H]1CC[C@H](CNc2c3ccccc3nc3ccccc23)CC1. The third kappa shape index (κ3) is 4.30. The molecule has 0 unspecified atom stereocenters. The molecular weight excluding hydrogens is 394 g/mol. The van der Waals surface area contributed by atoms with Crippen LogP contribution in [0.3, 0.4) is 0 Å². The van der Waals surface area contributed by atoms with Gasteiger partial charge in [0.15, 0.2) is 0 Å². The summed E-state index contributed by atoms with van der Waals surface area (Å²) in [6.45, 7) is 6.12. The predicted octanol–water partition coefficient (Wildman–Crippen LogP) is 5.08. The molecule has 0 radical (unpaired) electrons. The largest absolute Gasteiger partial charge is 0.384 e. The van der Waals surface area contributed by atoms with Crippen molar-refractivity contribution in [3.63, 3.8) is 0 Å². The maximum absolute atomic E-state index is 12.4. The van der Waals surface area contributed by atoms with Crippen LogP contribution in [-0.2, 0) is 10.0 Å². The smallest absolute Gasteiger partial charge is 0.216 e. The Labute approximate surface area is 179 Å². The number of fused-ring (bicyclic) bond motifs is 2. The van der Waals surface area contributed by atoms with Gasteiger partial charge in [0.25, 0.3) is 0 Å². The van der Waals surface area contributed by atoms with Crippen molar-refractivity contribution in [2.75, 3.05) is 11.9 Å². The molecule has 1 aliphatic carbocycles. The summed E-state index contributed by atoms with van der Waals surface area (Å²) in [5.41, 5.74) is 3.14. The minimum Gasteiger partial charge on any atom is -0.384 e. The lowest BCUT2D eigenvalue weighted by Gasteiger charge is -2.31. The summed E-state index contributed by atoms with van der Waals surface area (Å²) in [5.74, 6) is 0.533. The van der Waals surface area contributed by atoms with Crippen molar-refractivity contribution >= 4 is 37.5 Å². The van der Waals surface area contributed by atoms with E-state index in [0.29, 0.717) is 5.92 Å². The summed E-state index contributed by atoms with van der Waals surface area (Å²) in [6, 6.07) is 16.5. The number of anilines is 1. The van der Waals surface area contributed by atoms with E-state index in [0.717, 1.165) is 59.7 Å². The standard InChI is InChI=1S/C24H31N3O2S/c1-24(2,3)30(28,29)27-18-14-12-17(13-15-18)16-25-23-19-8-4-6-10-21(19)26-22-11-7-5-9-20(22)23/h4-11,17-18,27H,12-16H2,1-3H3,(H,25,26)/t17-,18-. The Balaban J connectivity index is 1.44. The van der Waals surface area contributed by atoms with Crippen molar-refractivity contribution in [2.45, 2.75) is 57.2 Å². The van der Waals surface area contributed by atoms with Crippen LogP contribution in [0.15, 0.2) is 48.5 Å². The van der Waals surface area contributed by atoms with Crippen LogP contribution in [-0.4, -0.2) is 30.7 Å². The Hall–Kier alpha value is -2.18. The Morgan fingerprint density at radius 2 is 1.43 bits per heavy atom. The zero-order valence-electron chi connectivity index (χ0n) is 18.0. The highest BCUT2D eigenvalue weighted by atomic mass is 32.2. The first-order valence-electron chi connectivity index (χ1n) is 10.8. The fourth-order valence-electron chi connectivity index (χ4n) is 4.16. The highest BCUT2D eigenvalue weighted by molar-refractivity contribution is 7.90. The van der Waals surface area contributed by atoms with Crippen LogP contribution < -0.4 is 10.0 Å². The van der Waals surface area contributed by atoms with Crippen molar-refractivity contribution in [3.05, 3.63) is 48.5 Å². The number of aromatic nitrogens is 1. The van der Waals surface area contributed by atoms with Crippen LogP contribution >= 0.6 is 0 Å². The average molecular weight is 426 g/mol. The van der Waals surface area contributed by atoms with Crippen LogP contribution in [0.2, 0.25) is 0 Å². The Morgan fingerprint density at radius 1 is 0.900 bits per heavy atom. The molecule has 160 valence electrons. The minimum atomic E-state index is -3.29. The number of sulfonamides is 1. The summed E-state index contributed by atoms with van der Waals surface area (Å²) in [4.78, 5) is 4.79. The number of hydrogen-bond acceptors (Lipinski definition) is 4. The molecule has 30 heavy (non-hydrogen) atoms. The first-order valence-corrected chi connectivity index (χ1v) is 12.3. The Bertz CT molecular complexity index is 1090. The summed E-state index contributed by atoms with van der Waals surface area (Å²) >= 11 is 0. The third-order valence-electron chi connectivity index (χ3n) is 6.13. The van der Waals surface area contributed by atoms with E-state index >= 15 is 0 Å². The zero-order chi connectivity index (χ0) is 21.4. The molecule has 2 N–H and O–H groups in total. The molecule has 0 bridgehead atoms. The molecule has 0 spiro atoms. The van der Waals surface area contributed by atoms with E-state index in [1.54, 1.807) is 20.8 Å². The van der Waals surface area contributed by atoms with Crippen LogP contribution in [0.1, 0.15) is 46.5 Å². The van der Waals surface area contributed by atoms with Crippen LogP contribution in [0, 0.1) is 5.92 Å². The van der Waals surface area contributed by atoms with Gasteiger partial charge in [0, 0.05) is 23.4 Å². The lowest BCUT2D eigenvalue weighted by atomic mass is 9.86. The highest BCUT2D eigenvalue weighted by Crippen LogP contribution is 2.32. The minimum absolute atomic E-state index is 0.0491. The fraction of sp³-hybridized carbons (Fsp3) is 0.458. The molecular formula is C24H31N3O2S. The number of benzene rings is 2. The normalized spacial score (nSPS) is 20.5. The Morgan fingerprint density at radius 3 is 1.97 bits per heavy atom. The van der Waals surface area contributed by atoms with Gasteiger partial charge in [-0.25, -0.2) is 18.1 Å². The number of nitrogens with zero attached hydrogens (tertiary/aromatic N) is 1. The van der Waals surface area contributed by atoms with Crippen molar-refractivity contribution < 1.29 is 8.42 Å². The van der Waals surface area contributed by atoms with Crippen LogP contribution in [0.5, 0.6) is 0 Å². The van der Waals surface area contributed by atoms with E-state index in [2.05, 4.69) is 46.4 Å². The van der Waals surface area contributed by atoms with Crippen molar-refractivity contribution in [3.8, 4) is 0 Å². The molecule has 1 aromatic heterocycles. The molecule has 1 aliphatic rings. The number of para-hydroxylation sites is 2. The van der Waals surface area contributed by atoms with Gasteiger partial charge < -0.3 is 5.32 Å². The van der Waals surface area contributed by atoms with Gasteiger partial charge in [-0.2, -0.15) is 0 Å². The Kier molecular flexibility index (Phi) is 5.73. The number of rotatable bonds is 5. The maximum atomic E-state index is 12.4. The van der Waals surface area contributed by atoms with E-state index in [-0.39, 0.29) is 6.04 Å². The van der Waals surface area contributed by atoms with E-state index in [4.69, 9.17) is 4.98 Å². The first kappa shape index (κ1) is 21.1. The highest BCUT2D eigenvalue weighted by Gasteiger charge is 2.32. The number of nitrogens with one attached hydrogen (secondary N) is 2. The second-order valence-electron chi connectivity index (χ2n) is 9.35. The van der Waals surface area contributed by atoms with E-state index in [1.807, 2.05) is 12.1 Å². The second kappa shape index (κ2) is 8.16. The molecule has 0 amide bonds. The van der Waals surface area contributed by atoms with Crippen molar-refractivity contribution in [1.29, 1.82) is 0 Å². The molecule has 0 aliphatic heterocycles. The van der Waals surface area contributed by atoms with Gasteiger partial charge in [-0.3, -0.25) is 0 Å². The molecule has 1 saturated carbocycles.